The maximum atomic E-state index is 9.70. The van der Waals surface area contributed by atoms with Crippen LogP contribution in [0.3, 0.4) is 0 Å². The summed E-state index contributed by atoms with van der Waals surface area (Å²) in [6, 6.07) is 0. The number of carbonyl (C=O) groups excluding carboxylic acids is 1. The van der Waals surface area contributed by atoms with Crippen LogP contribution in [0.4, 0.5) is 0 Å². The lowest BCUT2D eigenvalue weighted by Gasteiger charge is -2.00. The molecular weight excluding hydrogens is 304 g/mol. The van der Waals surface area contributed by atoms with Gasteiger partial charge in [0.25, 0.3) is 0 Å². The Hall–Kier alpha value is 0.850. The Morgan fingerprint density at radius 3 is 1.88 bits per heavy atom. The van der Waals surface area contributed by atoms with E-state index in [0.717, 1.165) is 0 Å². The van der Waals surface area contributed by atoms with E-state index in [2.05, 4.69) is 47.8 Å². The zero-order chi connectivity index (χ0) is 6.62. The van der Waals surface area contributed by atoms with Crippen molar-refractivity contribution in [1.82, 2.24) is 0 Å². The molecule has 0 atom stereocenters. The molecule has 0 spiro atoms. The molecule has 4 heteroatoms. The maximum Gasteiger partial charge on any atom is 0.153 e. The average Bonchev–Trinajstić information content (AvgIpc) is 1.59. The molecule has 0 amide bonds. The molecule has 0 rings (SSSR count). The number of hydrogen-bond acceptors (Lipinski definition) is 1. The molecule has 46 valence electrons. The lowest BCUT2D eigenvalue weighted by Crippen LogP contribution is -1.90. The normalized spacial score (nSPS) is 12.4. The van der Waals surface area contributed by atoms with Gasteiger partial charge in [-0.05, 0) is 12.2 Å². The predicted octanol–water partition coefficient (Wildman–Crippen LogP) is 2.58. The van der Waals surface area contributed by atoms with Gasteiger partial charge in [-0.15, -0.1) is 0 Å². The number of halogens is 3. The second-order valence-electron chi connectivity index (χ2n) is 1.04. The van der Waals surface area contributed by atoms with E-state index < -0.39 is 2.14 Å². The quantitative estimate of drug-likeness (QED) is 0.413. The monoisotopic (exact) mass is 304 g/mol. The molecule has 0 N–H and O–H groups in total. The Morgan fingerprint density at radius 1 is 1.25 bits per heavy atom. The summed E-state index contributed by atoms with van der Waals surface area (Å²) >= 11 is 9.50. The predicted molar refractivity (Wildman–Crippen MR) is 44.7 cm³/mol. The molecule has 0 fully saturated rings. The summed E-state index contributed by atoms with van der Waals surface area (Å²) in [5.74, 6) is 0. The van der Waals surface area contributed by atoms with E-state index in [1.54, 1.807) is 6.08 Å². The smallest absolute Gasteiger partial charge is 0.153 e. The van der Waals surface area contributed by atoms with Crippen molar-refractivity contribution in [2.75, 3.05) is 0 Å². The Kier molecular flexibility index (Phi) is 4.20. The first-order chi connectivity index (χ1) is 3.56. The van der Waals surface area contributed by atoms with E-state index in [9.17, 15) is 4.79 Å². The van der Waals surface area contributed by atoms with Crippen molar-refractivity contribution in [1.29, 1.82) is 0 Å². The molecule has 0 aromatic rings. The number of rotatable bonds is 1. The molecule has 0 aliphatic rings. The zero-order valence-corrected chi connectivity index (χ0v) is 8.53. The van der Waals surface area contributed by atoms with Crippen LogP contribution in [-0.4, -0.2) is 8.43 Å². The van der Waals surface area contributed by atoms with Crippen LogP contribution in [-0.2, 0) is 4.79 Å². The van der Waals surface area contributed by atoms with E-state index in [0.29, 0.717) is 6.29 Å². The molecule has 0 aromatic carbocycles. The van der Waals surface area contributed by atoms with Crippen LogP contribution in [0, 0.1) is 0 Å². The maximum absolute atomic E-state index is 9.70. The van der Waals surface area contributed by atoms with Crippen molar-refractivity contribution in [3.63, 3.8) is 0 Å². The van der Waals surface area contributed by atoms with Crippen LogP contribution in [0.5, 0.6) is 0 Å². The van der Waals surface area contributed by atoms with Crippen LogP contribution in [0.15, 0.2) is 12.2 Å². The number of hydrogen-bond donors (Lipinski definition) is 0. The fourth-order valence-electron chi connectivity index (χ4n) is 0.148. The minimum atomic E-state index is -0.423. The van der Waals surface area contributed by atoms with Crippen molar-refractivity contribution in [2.45, 2.75) is 2.14 Å². The molecule has 0 radical (unpaired) electrons. The third-order valence-corrected chi connectivity index (χ3v) is 1.16. The molecule has 0 bridgehead atoms. The highest BCUT2D eigenvalue weighted by Gasteiger charge is 2.10. The molecule has 0 saturated carbocycles. The van der Waals surface area contributed by atoms with Gasteiger partial charge in [-0.1, -0.05) is 47.8 Å². The topological polar surface area (TPSA) is 17.1 Å². The fourth-order valence-corrected chi connectivity index (χ4v) is 0.606. The summed E-state index contributed by atoms with van der Waals surface area (Å²) < 4.78 is -0.423. The van der Waals surface area contributed by atoms with Gasteiger partial charge in [0.2, 0.25) is 0 Å². The van der Waals surface area contributed by atoms with Gasteiger partial charge in [-0.2, -0.15) is 0 Å². The molecule has 0 saturated heterocycles. The highest BCUT2D eigenvalue weighted by molar-refractivity contribution is 9.39. The zero-order valence-electron chi connectivity index (χ0n) is 3.77. The number of aldehydes is 1. The Labute approximate surface area is 72.9 Å². The van der Waals surface area contributed by atoms with Crippen molar-refractivity contribution < 1.29 is 4.79 Å². The second kappa shape index (κ2) is 3.80. The molecule has 0 unspecified atom stereocenters. The largest absolute Gasteiger partial charge is 0.299 e. The Bertz CT molecular complexity index is 102. The third kappa shape index (κ3) is 6.85. The van der Waals surface area contributed by atoms with Crippen LogP contribution in [0.1, 0.15) is 0 Å². The summed E-state index contributed by atoms with van der Waals surface area (Å²) in [6.45, 7) is 0. The lowest BCUT2D eigenvalue weighted by atomic mass is 10.6. The standard InChI is InChI=1S/C4H3Br3O/c5-4(6,7)2-1-3-8/h1-3H. The Balaban J connectivity index is 3.69. The molecule has 0 aliphatic heterocycles. The highest BCUT2D eigenvalue weighted by Crippen LogP contribution is 2.34. The first-order valence-electron chi connectivity index (χ1n) is 1.76. The Morgan fingerprint density at radius 2 is 1.75 bits per heavy atom. The van der Waals surface area contributed by atoms with E-state index in [4.69, 9.17) is 0 Å². The summed E-state index contributed by atoms with van der Waals surface area (Å²) in [6.07, 6.45) is 3.72. The SMILES string of the molecule is O=CC=CC(Br)(Br)Br. The lowest BCUT2D eigenvalue weighted by molar-refractivity contribution is -0.104. The number of alkyl halides is 3. The second-order valence-corrected chi connectivity index (χ2v) is 7.98. The molecule has 0 aromatic heterocycles. The first-order valence-corrected chi connectivity index (χ1v) is 4.14. The van der Waals surface area contributed by atoms with Gasteiger partial charge in [0.05, 0.1) is 0 Å². The van der Waals surface area contributed by atoms with Crippen molar-refractivity contribution in [2.24, 2.45) is 0 Å². The molecule has 0 heterocycles. The van der Waals surface area contributed by atoms with Gasteiger partial charge < -0.3 is 0 Å². The number of allylic oxidation sites excluding steroid dienone is 2. The van der Waals surface area contributed by atoms with Crippen molar-refractivity contribution in [3.8, 4) is 0 Å². The van der Waals surface area contributed by atoms with Gasteiger partial charge in [-0.3, -0.25) is 4.79 Å². The van der Waals surface area contributed by atoms with Crippen LogP contribution >= 0.6 is 47.8 Å². The number of carbonyl (C=O) groups is 1. The van der Waals surface area contributed by atoms with Gasteiger partial charge in [0, 0.05) is 0 Å². The van der Waals surface area contributed by atoms with Gasteiger partial charge in [-0.25, -0.2) is 0 Å². The summed E-state index contributed by atoms with van der Waals surface area (Å²) in [4.78, 5) is 9.70. The van der Waals surface area contributed by atoms with E-state index in [1.807, 2.05) is 0 Å². The van der Waals surface area contributed by atoms with Gasteiger partial charge >= 0.3 is 0 Å². The molecule has 0 aliphatic carbocycles. The van der Waals surface area contributed by atoms with E-state index in [1.165, 1.54) is 6.08 Å². The summed E-state index contributed by atoms with van der Waals surface area (Å²) in [5, 5.41) is 0. The van der Waals surface area contributed by atoms with Gasteiger partial charge in [0.1, 0.15) is 6.29 Å². The summed E-state index contributed by atoms with van der Waals surface area (Å²) in [7, 11) is 0. The average molecular weight is 307 g/mol. The van der Waals surface area contributed by atoms with Crippen molar-refractivity contribution >= 4 is 54.1 Å². The van der Waals surface area contributed by atoms with Crippen LogP contribution in [0.25, 0.3) is 0 Å². The third-order valence-electron chi connectivity index (χ3n) is 0.364. The van der Waals surface area contributed by atoms with E-state index >= 15 is 0 Å². The summed E-state index contributed by atoms with van der Waals surface area (Å²) in [5.41, 5.74) is 0. The first kappa shape index (κ1) is 8.85. The molecular formula is C4H3Br3O. The minimum absolute atomic E-state index is 0.423. The molecule has 8 heavy (non-hydrogen) atoms. The minimum Gasteiger partial charge on any atom is -0.299 e. The van der Waals surface area contributed by atoms with Crippen molar-refractivity contribution in [3.05, 3.63) is 12.2 Å². The van der Waals surface area contributed by atoms with Crippen LogP contribution in [0.2, 0.25) is 0 Å². The fraction of sp³-hybridized carbons (Fsp3) is 0.250. The van der Waals surface area contributed by atoms with Crippen LogP contribution < -0.4 is 0 Å². The molecule has 1 nitrogen and oxygen atoms in total. The van der Waals surface area contributed by atoms with Gasteiger partial charge in [0.15, 0.2) is 2.14 Å². The highest BCUT2D eigenvalue weighted by atomic mass is 80.0. The van der Waals surface area contributed by atoms with E-state index in [-0.39, 0.29) is 0 Å².